The van der Waals surface area contributed by atoms with Crippen LogP contribution in [-0.2, 0) is 37.3 Å². The van der Waals surface area contributed by atoms with Crippen LogP contribution in [0.2, 0.25) is 0 Å². The molecule has 1 aliphatic heterocycles. The number of fused-ring (bicyclic) bond motifs is 8. The molecule has 0 bridgehead atoms. The fraction of sp³-hybridized carbons (Fsp3) is 0.231. The Labute approximate surface area is 534 Å². The predicted octanol–water partition coefficient (Wildman–Crippen LogP) is 22.0. The number of rotatable bonds is 10. The molecule has 0 atom stereocenters. The molecule has 0 N–H and O–H groups in total. The number of para-hydroxylation sites is 4. The first-order valence-electron chi connectivity index (χ1n) is 35.2. The van der Waals surface area contributed by atoms with Crippen molar-refractivity contribution in [2.45, 2.75) is 118 Å². The average molecular weight is 1310 g/mol. The summed E-state index contributed by atoms with van der Waals surface area (Å²) in [7, 11) is 0. The van der Waals surface area contributed by atoms with Crippen molar-refractivity contribution in [3.63, 3.8) is 0 Å². The van der Waals surface area contributed by atoms with Crippen LogP contribution in [0, 0.1) is 18.8 Å². The van der Waals surface area contributed by atoms with Crippen LogP contribution in [0.15, 0.2) is 192 Å². The van der Waals surface area contributed by atoms with Gasteiger partial charge in [0.1, 0.15) is 17.0 Å². The normalized spacial score (nSPS) is 15.2. The number of furan rings is 1. The van der Waals surface area contributed by atoms with Crippen molar-refractivity contribution in [3.8, 4) is 50.7 Å². The third kappa shape index (κ3) is 10.3. The second-order valence-electron chi connectivity index (χ2n) is 25.6. The van der Waals surface area contributed by atoms with E-state index in [4.69, 9.17) is 23.7 Å². The minimum absolute atomic E-state index is 0. The fourth-order valence-corrected chi connectivity index (χ4v) is 11.5. The van der Waals surface area contributed by atoms with Crippen LogP contribution in [0.25, 0.3) is 82.9 Å². The van der Waals surface area contributed by atoms with Crippen LogP contribution >= 0.6 is 0 Å². The number of benzene rings is 9. The van der Waals surface area contributed by atoms with E-state index >= 15 is 0 Å². The van der Waals surface area contributed by atoms with E-state index in [-0.39, 0.29) is 135 Å². The van der Waals surface area contributed by atoms with Crippen molar-refractivity contribution < 1.29 is 48.0 Å². The van der Waals surface area contributed by atoms with Crippen molar-refractivity contribution in [2.75, 3.05) is 9.80 Å². The summed E-state index contributed by atoms with van der Waals surface area (Å²) in [6.45, 7) is 29.7. The maximum atomic E-state index is 10.1. The number of aromatic nitrogens is 2. The summed E-state index contributed by atoms with van der Waals surface area (Å²) in [5, 5.41) is 0.0780. The largest absolute Gasteiger partial charge is 0.509 e. The minimum atomic E-state index is -0.541. The molecule has 0 spiro atoms. The van der Waals surface area contributed by atoms with E-state index in [1.54, 1.807) is 16.8 Å². The summed E-state index contributed by atoms with van der Waals surface area (Å²) < 4.78 is 135. The molecule has 6 nitrogen and oxygen atoms in total. The maximum absolute atomic E-state index is 10.1. The molecule has 0 saturated heterocycles. The minimum Gasteiger partial charge on any atom is -0.509 e. The number of ether oxygens (including phenoxy) is 1. The zero-order valence-electron chi connectivity index (χ0n) is 63.0. The van der Waals surface area contributed by atoms with Crippen LogP contribution in [0.3, 0.4) is 0 Å². The first kappa shape index (κ1) is 43.4. The van der Waals surface area contributed by atoms with Crippen LogP contribution < -0.4 is 14.5 Å². The number of nitrogens with zero attached hydrogens (tertiary/aromatic N) is 4. The molecule has 430 valence electrons. The van der Waals surface area contributed by atoms with Crippen molar-refractivity contribution >= 4 is 66.5 Å². The topological polar surface area (TPSA) is 46.7 Å². The molecule has 0 radical (unpaired) electrons. The predicted molar refractivity (Wildman–Crippen MR) is 352 cm³/mol. The molecule has 0 amide bonds. The van der Waals surface area contributed by atoms with E-state index < -0.39 is 53.8 Å². The molecule has 0 unspecified atom stereocenters. The molecular formula is C78H73N4O2Pt-3. The van der Waals surface area contributed by atoms with Gasteiger partial charge in [0.2, 0.25) is 0 Å². The molecule has 1 aliphatic rings. The molecule has 3 aromatic heterocycles. The van der Waals surface area contributed by atoms with E-state index in [1.165, 1.54) is 0 Å². The third-order valence-electron chi connectivity index (χ3n) is 16.0. The van der Waals surface area contributed by atoms with Gasteiger partial charge in [-0.05, 0) is 122 Å². The fourth-order valence-electron chi connectivity index (χ4n) is 11.5. The zero-order chi connectivity index (χ0) is 69.9. The van der Waals surface area contributed by atoms with Crippen LogP contribution in [0.4, 0.5) is 22.7 Å². The average Bonchev–Trinajstić information content (AvgIpc) is 1.53. The van der Waals surface area contributed by atoms with Gasteiger partial charge in [0, 0.05) is 84.6 Å². The SMILES string of the molecule is [2H]c1c([2H])c([2H])c(-c2cccc(-c3cc(C(C)(C)C)cc(C(C)(C)C)c3)c2N2[CH-]N(c3[c-]c(Oc4[c-]c5c(c([2H])c4[2H])c4c6oc7c([2H])c([2H])c([2H])c([2H])c7c6c([2H])c([2H])c4n5-c4cc(C(C)(C)C)ccn4)cc(-c4c(C(C)C)cccc4C(C)C)c3)c3ccccc32)c([2H])c1[2H].[Pt]. The number of hydrogen-bond donors (Lipinski definition) is 0. The molecule has 7 heteroatoms. The molecule has 0 saturated carbocycles. The summed E-state index contributed by atoms with van der Waals surface area (Å²) in [5.74, 6) is 0.338. The van der Waals surface area contributed by atoms with Crippen molar-refractivity contribution in [1.82, 2.24) is 9.55 Å². The van der Waals surface area contributed by atoms with Gasteiger partial charge >= 0.3 is 0 Å². The molecule has 0 fully saturated rings. The van der Waals surface area contributed by atoms with Crippen LogP contribution in [0.1, 0.15) is 147 Å². The molecule has 4 heterocycles. The van der Waals surface area contributed by atoms with E-state index in [0.29, 0.717) is 34.1 Å². The molecule has 12 aromatic rings. The third-order valence-corrected chi connectivity index (χ3v) is 16.0. The summed E-state index contributed by atoms with van der Waals surface area (Å²) in [6.07, 6.45) is 1.64. The van der Waals surface area contributed by atoms with Gasteiger partial charge < -0.3 is 23.5 Å². The van der Waals surface area contributed by atoms with Gasteiger partial charge in [0.25, 0.3) is 0 Å². The van der Waals surface area contributed by atoms with Gasteiger partial charge in [0.05, 0.1) is 15.1 Å². The quantitative estimate of drug-likeness (QED) is 0.128. The van der Waals surface area contributed by atoms with E-state index in [9.17, 15) is 8.22 Å². The zero-order valence-corrected chi connectivity index (χ0v) is 52.3. The van der Waals surface area contributed by atoms with Gasteiger partial charge in [-0.15, -0.1) is 48.2 Å². The smallest absolute Gasteiger partial charge is 0.135 e. The van der Waals surface area contributed by atoms with Crippen LogP contribution in [0.5, 0.6) is 11.5 Å². The maximum Gasteiger partial charge on any atom is 0.135 e. The second-order valence-corrected chi connectivity index (χ2v) is 25.6. The van der Waals surface area contributed by atoms with Gasteiger partial charge in [-0.25, -0.2) is 4.98 Å². The van der Waals surface area contributed by atoms with Crippen molar-refractivity contribution in [3.05, 3.63) is 234 Å². The first-order valence-corrected chi connectivity index (χ1v) is 28.7. The first-order chi connectivity index (χ1) is 45.6. The van der Waals surface area contributed by atoms with Crippen molar-refractivity contribution in [2.24, 2.45) is 0 Å². The Kier molecular flexibility index (Phi) is 11.1. The van der Waals surface area contributed by atoms with Gasteiger partial charge in [-0.1, -0.05) is 216 Å². The Morgan fingerprint density at radius 1 is 0.553 bits per heavy atom. The number of anilines is 4. The van der Waals surface area contributed by atoms with E-state index in [1.807, 2.05) is 97.9 Å². The molecule has 85 heavy (non-hydrogen) atoms. The molecular weight excluding hydrogens is 1220 g/mol. The van der Waals surface area contributed by atoms with E-state index in [2.05, 4.69) is 118 Å². The Morgan fingerprint density at radius 3 is 1.85 bits per heavy atom. The molecule has 0 aliphatic carbocycles. The summed E-state index contributed by atoms with van der Waals surface area (Å²) in [6, 6.07) is 35.4. The Bertz CT molecular complexity index is 5240. The Morgan fingerprint density at radius 2 is 1.18 bits per heavy atom. The molecule has 13 rings (SSSR count). The van der Waals surface area contributed by atoms with Gasteiger partial charge in [-0.2, -0.15) is 6.04 Å². The van der Waals surface area contributed by atoms with Gasteiger partial charge in [-0.3, -0.25) is 0 Å². The Balaban J connectivity index is 0.00000914. The summed E-state index contributed by atoms with van der Waals surface area (Å²) in [4.78, 5) is 8.83. The summed E-state index contributed by atoms with van der Waals surface area (Å²) >= 11 is 0. The van der Waals surface area contributed by atoms with Crippen molar-refractivity contribution in [1.29, 1.82) is 0 Å². The number of hydrogen-bond acceptors (Lipinski definition) is 5. The Hall–Kier alpha value is -8.18. The second kappa shape index (κ2) is 21.7. The summed E-state index contributed by atoms with van der Waals surface area (Å²) in [5.41, 5.74) is 10.3. The van der Waals surface area contributed by atoms with Crippen LogP contribution in [-0.4, -0.2) is 9.55 Å². The molecule has 9 aromatic carbocycles. The monoisotopic (exact) mass is 1310 g/mol. The van der Waals surface area contributed by atoms with E-state index in [0.717, 1.165) is 50.1 Å². The number of pyridine rings is 1. The van der Waals surface area contributed by atoms with Gasteiger partial charge in [0.15, 0.2) is 0 Å². The standard InChI is InChI=1S/C78H73N4O2.Pt/c1-48(2)59-26-21-27-60(49(3)4)72(59)52-41-56(80-47-81(67-31-19-18-30-66(67)80)74-61(50-23-15-14-16-24-50)28-22-29-62(74)51-39-54(77(8,9)10)43-55(40-51)78(11,12)13)45-58(42-52)83-57-33-34-65-69(46-57)82(71-44-53(37-38-79-71)76(5,6)7)68-36-35-64-63-25-17-20-32-70(63)84-75(64)73(65)68;/h14-44,47-49H,1-13H3;/q-3;/i14D,15D,16D,17D,20D,23D,24D,25D,32D,33D,34D,35D,36D;.